The van der Waals surface area contributed by atoms with E-state index in [1.54, 1.807) is 44.2 Å². The summed E-state index contributed by atoms with van der Waals surface area (Å²) in [6.07, 6.45) is 0. The Balaban J connectivity index is 2.22. The van der Waals surface area contributed by atoms with Crippen molar-refractivity contribution in [3.8, 4) is 0 Å². The smallest absolute Gasteiger partial charge is 0.357 e. The number of carbonyl (C=O) groups is 1. The van der Waals surface area contributed by atoms with Gasteiger partial charge in [0.05, 0.1) is 17.5 Å². The largest absolute Gasteiger partial charge is 0.555 e. The van der Waals surface area contributed by atoms with Crippen LogP contribution in [0.4, 0.5) is 0 Å². The number of ether oxygens (including phenoxy) is 1. The van der Waals surface area contributed by atoms with Crippen LogP contribution in [0.5, 0.6) is 0 Å². The molecule has 0 radical (unpaired) electrons. The monoisotopic (exact) mass is 351 g/mol. The zero-order chi connectivity index (χ0) is 17.9. The van der Waals surface area contributed by atoms with E-state index < -0.39 is 28.6 Å². The van der Waals surface area contributed by atoms with E-state index >= 15 is 0 Å². The minimum atomic E-state index is -1.96. The molecule has 7 nitrogen and oxygen atoms in total. The van der Waals surface area contributed by atoms with Crippen molar-refractivity contribution in [3.05, 3.63) is 35.9 Å². The molecule has 24 heavy (non-hydrogen) atoms. The van der Waals surface area contributed by atoms with Crippen molar-refractivity contribution in [2.24, 2.45) is 5.92 Å². The Labute approximate surface area is 143 Å². The molecule has 1 fully saturated rings. The van der Waals surface area contributed by atoms with E-state index in [9.17, 15) is 14.5 Å². The van der Waals surface area contributed by atoms with Gasteiger partial charge in [-0.15, -0.1) is 4.79 Å². The molecule has 1 saturated heterocycles. The molecule has 0 spiro atoms. The van der Waals surface area contributed by atoms with Crippen LogP contribution in [-0.2, 0) is 24.8 Å². The zero-order valence-electron chi connectivity index (χ0n) is 14.1. The van der Waals surface area contributed by atoms with Crippen LogP contribution in [-0.4, -0.2) is 44.1 Å². The average Bonchev–Trinajstić information content (AvgIpc) is 2.88. The third-order valence-electron chi connectivity index (χ3n) is 3.87. The number of hydrogen-bond donors (Lipinski definition) is 0. The molecule has 1 aromatic rings. The first-order valence-electron chi connectivity index (χ1n) is 7.62. The fourth-order valence-electron chi connectivity index (χ4n) is 2.57. The van der Waals surface area contributed by atoms with Crippen molar-refractivity contribution in [2.45, 2.75) is 44.4 Å². The number of benzene rings is 1. The van der Waals surface area contributed by atoms with Gasteiger partial charge in [0.2, 0.25) is 11.1 Å². The Hall–Kier alpha value is -2.02. The minimum absolute atomic E-state index is 0.135. The summed E-state index contributed by atoms with van der Waals surface area (Å²) in [4.78, 5) is 17.5. The normalized spacial score (nSPS) is 20.5. The molecule has 0 saturated carbocycles. The van der Waals surface area contributed by atoms with E-state index in [0.717, 1.165) is 0 Å². The van der Waals surface area contributed by atoms with E-state index in [2.05, 4.69) is 4.79 Å². The fourth-order valence-corrected chi connectivity index (χ4v) is 3.29. The third-order valence-corrected chi connectivity index (χ3v) is 4.84. The number of hydrogen-bond acceptors (Lipinski definition) is 4. The third kappa shape index (κ3) is 3.72. The van der Waals surface area contributed by atoms with Crippen LogP contribution in [0.25, 0.3) is 5.53 Å². The second kappa shape index (κ2) is 7.25. The summed E-state index contributed by atoms with van der Waals surface area (Å²) >= 11 is -1.96. The SMILES string of the molecule is CC(C)C1COC(C)(C)N1C(=O)C(=[N+]=[N-])OS(=O)c1ccccc1. The van der Waals surface area contributed by atoms with Gasteiger partial charge in [0.25, 0.3) is 0 Å². The Morgan fingerprint density at radius 3 is 2.58 bits per heavy atom. The van der Waals surface area contributed by atoms with Gasteiger partial charge < -0.3 is 14.5 Å². The van der Waals surface area contributed by atoms with E-state index in [1.807, 2.05) is 13.8 Å². The highest BCUT2D eigenvalue weighted by molar-refractivity contribution is 7.80. The lowest BCUT2D eigenvalue weighted by Gasteiger charge is -2.33. The van der Waals surface area contributed by atoms with Crippen molar-refractivity contribution < 1.29 is 22.7 Å². The molecule has 1 amide bonds. The Bertz CT molecular complexity index is 684. The van der Waals surface area contributed by atoms with E-state index in [1.165, 1.54) is 4.90 Å². The number of amides is 1. The lowest BCUT2D eigenvalue weighted by molar-refractivity contribution is -0.146. The van der Waals surface area contributed by atoms with Crippen molar-refractivity contribution in [3.63, 3.8) is 0 Å². The second-order valence-electron chi connectivity index (χ2n) is 6.28. The van der Waals surface area contributed by atoms with Gasteiger partial charge in [0.1, 0.15) is 5.72 Å². The van der Waals surface area contributed by atoms with Gasteiger partial charge in [-0.05, 0) is 31.9 Å². The van der Waals surface area contributed by atoms with E-state index in [0.29, 0.717) is 11.5 Å². The predicted molar refractivity (Wildman–Crippen MR) is 88.1 cm³/mol. The molecule has 1 aliphatic rings. The van der Waals surface area contributed by atoms with Gasteiger partial charge >= 0.3 is 11.8 Å². The molecule has 8 heteroatoms. The van der Waals surface area contributed by atoms with Crippen molar-refractivity contribution in [2.75, 3.05) is 6.61 Å². The maximum absolute atomic E-state index is 12.8. The average molecular weight is 351 g/mol. The van der Waals surface area contributed by atoms with Crippen LogP contribution in [0.1, 0.15) is 27.7 Å². The van der Waals surface area contributed by atoms with Crippen molar-refractivity contribution in [1.82, 2.24) is 4.90 Å². The Kier molecular flexibility index (Phi) is 5.54. The molecule has 0 bridgehead atoms. The topological polar surface area (TPSA) is 92.2 Å². The Morgan fingerprint density at radius 1 is 1.42 bits per heavy atom. The van der Waals surface area contributed by atoms with Crippen LogP contribution in [0, 0.1) is 5.92 Å². The Morgan fingerprint density at radius 2 is 2.04 bits per heavy atom. The van der Waals surface area contributed by atoms with Gasteiger partial charge in [-0.3, -0.25) is 9.69 Å². The lowest BCUT2D eigenvalue weighted by Crippen LogP contribution is -2.52. The molecule has 2 atom stereocenters. The standard InChI is InChI=1S/C16H21N3O4S/c1-11(2)13-10-22-16(3,4)19(13)15(20)14(18-17)23-24(21)12-8-6-5-7-9-12/h5-9,11,13H,10H2,1-4H3. The molecule has 1 aliphatic heterocycles. The maximum atomic E-state index is 12.8. The summed E-state index contributed by atoms with van der Waals surface area (Å²) in [6, 6.07) is 8.15. The quantitative estimate of drug-likeness (QED) is 0.360. The first kappa shape index (κ1) is 18.3. The molecular weight excluding hydrogens is 330 g/mol. The van der Waals surface area contributed by atoms with Crippen molar-refractivity contribution >= 4 is 22.9 Å². The lowest BCUT2D eigenvalue weighted by atomic mass is 10.0. The summed E-state index contributed by atoms with van der Waals surface area (Å²) < 4.78 is 23.0. The highest BCUT2D eigenvalue weighted by atomic mass is 32.2. The van der Waals surface area contributed by atoms with Crippen LogP contribution in [0.15, 0.2) is 35.2 Å². The summed E-state index contributed by atoms with van der Waals surface area (Å²) in [6.45, 7) is 7.80. The van der Waals surface area contributed by atoms with Crippen LogP contribution >= 0.6 is 0 Å². The molecule has 2 rings (SSSR count). The molecule has 0 aliphatic carbocycles. The summed E-state index contributed by atoms with van der Waals surface area (Å²) in [7, 11) is 0. The summed E-state index contributed by atoms with van der Waals surface area (Å²) in [5.74, 6) is -1.15. The zero-order valence-corrected chi connectivity index (χ0v) is 14.9. The molecule has 2 unspecified atom stereocenters. The first-order chi connectivity index (χ1) is 11.3. The maximum Gasteiger partial charge on any atom is 0.555 e. The molecule has 1 aromatic carbocycles. The van der Waals surface area contributed by atoms with Crippen LogP contribution < -0.4 is 0 Å². The number of carbonyl (C=O) groups excluding carboxylic acids is 1. The number of rotatable bonds is 3. The van der Waals surface area contributed by atoms with Gasteiger partial charge in [-0.25, -0.2) is 4.21 Å². The first-order valence-corrected chi connectivity index (χ1v) is 8.70. The van der Waals surface area contributed by atoms with Gasteiger partial charge in [0.15, 0.2) is 0 Å². The van der Waals surface area contributed by atoms with Gasteiger partial charge in [-0.2, -0.15) is 0 Å². The summed E-state index contributed by atoms with van der Waals surface area (Å²) in [5.41, 5.74) is 8.31. The van der Waals surface area contributed by atoms with Gasteiger partial charge in [-0.1, -0.05) is 32.0 Å². The fraction of sp³-hybridized carbons (Fsp3) is 0.500. The molecule has 0 N–H and O–H groups in total. The molecule has 1 heterocycles. The van der Waals surface area contributed by atoms with Crippen molar-refractivity contribution in [1.29, 1.82) is 0 Å². The molecule has 130 valence electrons. The van der Waals surface area contributed by atoms with E-state index in [-0.39, 0.29) is 12.0 Å². The highest BCUT2D eigenvalue weighted by Gasteiger charge is 2.49. The highest BCUT2D eigenvalue weighted by Crippen LogP contribution is 2.31. The number of nitrogens with zero attached hydrogens (tertiary/aromatic N) is 3. The van der Waals surface area contributed by atoms with Crippen LogP contribution in [0.3, 0.4) is 0 Å². The predicted octanol–water partition coefficient (Wildman–Crippen LogP) is 1.97. The minimum Gasteiger partial charge on any atom is -0.357 e. The van der Waals surface area contributed by atoms with Crippen LogP contribution in [0.2, 0.25) is 0 Å². The van der Waals surface area contributed by atoms with E-state index in [4.69, 9.17) is 8.92 Å². The molecule has 0 aromatic heterocycles. The van der Waals surface area contributed by atoms with Gasteiger partial charge in [0, 0.05) is 0 Å². The molecular formula is C16H21N3O4S. The summed E-state index contributed by atoms with van der Waals surface area (Å²) in [5, 5.41) is 0. The second-order valence-corrected chi connectivity index (χ2v) is 7.39.